The van der Waals surface area contributed by atoms with Crippen LogP contribution < -0.4 is 0 Å². The van der Waals surface area contributed by atoms with E-state index in [0.29, 0.717) is 5.92 Å². The van der Waals surface area contributed by atoms with Crippen molar-refractivity contribution in [1.82, 2.24) is 10.2 Å². The molecular formula is C9H13BrN2. The summed E-state index contributed by atoms with van der Waals surface area (Å²) in [6, 6.07) is 2.04. The Hall–Kier alpha value is -0.440. The normalized spacial score (nSPS) is 10.8. The zero-order chi connectivity index (χ0) is 9.14. The van der Waals surface area contributed by atoms with Gasteiger partial charge in [-0.25, -0.2) is 0 Å². The Balaban J connectivity index is 2.90. The van der Waals surface area contributed by atoms with Crippen LogP contribution in [0, 0.1) is 12.8 Å². The minimum atomic E-state index is 0.666. The summed E-state index contributed by atoms with van der Waals surface area (Å²) in [5.41, 5.74) is 2.32. The van der Waals surface area contributed by atoms with Crippen LogP contribution in [0.4, 0.5) is 0 Å². The summed E-state index contributed by atoms with van der Waals surface area (Å²) in [6.45, 7) is 6.40. The van der Waals surface area contributed by atoms with Gasteiger partial charge >= 0.3 is 0 Å². The minimum Gasteiger partial charge on any atom is -0.155 e. The third-order valence-corrected chi connectivity index (χ3v) is 2.07. The van der Waals surface area contributed by atoms with E-state index in [9.17, 15) is 0 Å². The van der Waals surface area contributed by atoms with Crippen LogP contribution in [0.2, 0.25) is 0 Å². The fraction of sp³-hybridized carbons (Fsp3) is 0.556. The van der Waals surface area contributed by atoms with E-state index in [-0.39, 0.29) is 0 Å². The van der Waals surface area contributed by atoms with Crippen LogP contribution in [0.15, 0.2) is 10.7 Å². The molecule has 0 saturated heterocycles. The Morgan fingerprint density at radius 3 is 2.67 bits per heavy atom. The lowest BCUT2D eigenvalue weighted by Crippen LogP contribution is -2.00. The maximum atomic E-state index is 4.03. The second-order valence-corrected chi connectivity index (χ2v) is 4.19. The van der Waals surface area contributed by atoms with Crippen molar-refractivity contribution in [2.24, 2.45) is 5.92 Å². The molecule has 0 fully saturated rings. The minimum absolute atomic E-state index is 0.666. The Morgan fingerprint density at radius 1 is 1.42 bits per heavy atom. The number of nitrogens with zero attached hydrogens (tertiary/aromatic N) is 2. The Morgan fingerprint density at radius 2 is 2.08 bits per heavy atom. The second kappa shape index (κ2) is 3.99. The molecule has 1 rings (SSSR count). The molecule has 66 valence electrons. The van der Waals surface area contributed by atoms with Gasteiger partial charge in [0.2, 0.25) is 0 Å². The highest BCUT2D eigenvalue weighted by atomic mass is 79.9. The molecule has 0 aliphatic carbocycles. The van der Waals surface area contributed by atoms with Crippen LogP contribution >= 0.6 is 15.9 Å². The number of halogens is 1. The van der Waals surface area contributed by atoms with Gasteiger partial charge in [-0.3, -0.25) is 0 Å². The van der Waals surface area contributed by atoms with Gasteiger partial charge in [0.05, 0.1) is 5.69 Å². The summed E-state index contributed by atoms with van der Waals surface area (Å²) in [6.07, 6.45) is 1.07. The molecule has 0 amide bonds. The summed E-state index contributed by atoms with van der Waals surface area (Å²) < 4.78 is 0.823. The van der Waals surface area contributed by atoms with E-state index < -0.39 is 0 Å². The van der Waals surface area contributed by atoms with Crippen molar-refractivity contribution in [2.45, 2.75) is 27.2 Å². The first kappa shape index (κ1) is 9.65. The fourth-order valence-electron chi connectivity index (χ4n) is 1.11. The monoisotopic (exact) mass is 228 g/mol. The molecule has 0 radical (unpaired) electrons. The quantitative estimate of drug-likeness (QED) is 0.779. The maximum absolute atomic E-state index is 4.03. The largest absolute Gasteiger partial charge is 0.155 e. The predicted molar refractivity (Wildman–Crippen MR) is 53.0 cm³/mol. The van der Waals surface area contributed by atoms with Crippen molar-refractivity contribution in [1.29, 1.82) is 0 Å². The van der Waals surface area contributed by atoms with Crippen LogP contribution in [0.5, 0.6) is 0 Å². The number of rotatable bonds is 2. The second-order valence-electron chi connectivity index (χ2n) is 3.38. The van der Waals surface area contributed by atoms with Crippen molar-refractivity contribution < 1.29 is 0 Å². The van der Waals surface area contributed by atoms with Crippen molar-refractivity contribution in [3.8, 4) is 0 Å². The average molecular weight is 229 g/mol. The van der Waals surface area contributed by atoms with Crippen molar-refractivity contribution in [2.75, 3.05) is 0 Å². The van der Waals surface area contributed by atoms with Gasteiger partial charge in [-0.05, 0) is 46.8 Å². The first-order valence-corrected chi connectivity index (χ1v) is 4.87. The van der Waals surface area contributed by atoms with E-state index in [1.807, 2.05) is 13.0 Å². The first-order valence-electron chi connectivity index (χ1n) is 4.08. The standard InChI is InChI=1S/C9H13BrN2/c1-6(2)4-8-5-9(10)12-11-7(8)3/h5-6H,4H2,1-3H3. The topological polar surface area (TPSA) is 25.8 Å². The Labute approximate surface area is 81.5 Å². The van der Waals surface area contributed by atoms with Gasteiger partial charge in [0.1, 0.15) is 4.60 Å². The molecular weight excluding hydrogens is 216 g/mol. The smallest absolute Gasteiger partial charge is 0.129 e. The molecule has 0 atom stereocenters. The van der Waals surface area contributed by atoms with Gasteiger partial charge in [-0.1, -0.05) is 13.8 Å². The van der Waals surface area contributed by atoms with E-state index in [1.54, 1.807) is 0 Å². The lowest BCUT2D eigenvalue weighted by molar-refractivity contribution is 0.639. The summed E-state index contributed by atoms with van der Waals surface area (Å²) in [5.74, 6) is 0.666. The highest BCUT2D eigenvalue weighted by molar-refractivity contribution is 9.10. The zero-order valence-electron chi connectivity index (χ0n) is 7.63. The summed E-state index contributed by atoms with van der Waals surface area (Å²) >= 11 is 3.31. The lowest BCUT2D eigenvalue weighted by Gasteiger charge is -2.06. The van der Waals surface area contributed by atoms with Gasteiger partial charge in [0.25, 0.3) is 0 Å². The maximum Gasteiger partial charge on any atom is 0.129 e. The van der Waals surface area contributed by atoms with Gasteiger partial charge in [0.15, 0.2) is 0 Å². The molecule has 1 heterocycles. The average Bonchev–Trinajstić information content (AvgIpc) is 1.96. The Kier molecular flexibility index (Phi) is 3.20. The Bertz CT molecular complexity index is 271. The van der Waals surface area contributed by atoms with Gasteiger partial charge in [-0.2, -0.15) is 5.10 Å². The van der Waals surface area contributed by atoms with Crippen molar-refractivity contribution in [3.05, 3.63) is 21.9 Å². The highest BCUT2D eigenvalue weighted by Gasteiger charge is 2.03. The molecule has 0 spiro atoms. The third-order valence-electron chi connectivity index (χ3n) is 1.68. The fourth-order valence-corrected chi connectivity index (χ4v) is 1.47. The number of hydrogen-bond acceptors (Lipinski definition) is 2. The van der Waals surface area contributed by atoms with E-state index in [1.165, 1.54) is 5.56 Å². The van der Waals surface area contributed by atoms with E-state index in [4.69, 9.17) is 0 Å². The summed E-state index contributed by atoms with van der Waals surface area (Å²) in [5, 5.41) is 7.95. The van der Waals surface area contributed by atoms with Gasteiger partial charge in [0, 0.05) is 0 Å². The van der Waals surface area contributed by atoms with E-state index in [2.05, 4.69) is 40.0 Å². The van der Waals surface area contributed by atoms with Crippen molar-refractivity contribution in [3.63, 3.8) is 0 Å². The van der Waals surface area contributed by atoms with Crippen LogP contribution in [-0.2, 0) is 6.42 Å². The molecule has 12 heavy (non-hydrogen) atoms. The molecule has 0 bridgehead atoms. The molecule has 3 heteroatoms. The van der Waals surface area contributed by atoms with E-state index in [0.717, 1.165) is 16.7 Å². The molecule has 0 saturated carbocycles. The third kappa shape index (κ3) is 2.55. The molecule has 0 aliphatic rings. The van der Waals surface area contributed by atoms with Gasteiger partial charge in [-0.15, -0.1) is 5.10 Å². The molecule has 0 aliphatic heterocycles. The molecule has 0 aromatic carbocycles. The van der Waals surface area contributed by atoms with Crippen LogP contribution in [0.3, 0.4) is 0 Å². The van der Waals surface area contributed by atoms with Crippen LogP contribution in [-0.4, -0.2) is 10.2 Å². The van der Waals surface area contributed by atoms with Crippen LogP contribution in [0.25, 0.3) is 0 Å². The highest BCUT2D eigenvalue weighted by Crippen LogP contribution is 2.14. The molecule has 2 nitrogen and oxygen atoms in total. The number of aromatic nitrogens is 2. The predicted octanol–water partition coefficient (Wildman–Crippen LogP) is 2.75. The summed E-state index contributed by atoms with van der Waals surface area (Å²) in [7, 11) is 0. The first-order chi connectivity index (χ1) is 5.59. The lowest BCUT2D eigenvalue weighted by atomic mass is 10.0. The SMILES string of the molecule is Cc1nnc(Br)cc1CC(C)C. The summed E-state index contributed by atoms with van der Waals surface area (Å²) in [4.78, 5) is 0. The number of aryl methyl sites for hydroxylation is 1. The zero-order valence-corrected chi connectivity index (χ0v) is 9.22. The number of hydrogen-bond donors (Lipinski definition) is 0. The van der Waals surface area contributed by atoms with Crippen molar-refractivity contribution >= 4 is 15.9 Å². The molecule has 1 aromatic rings. The van der Waals surface area contributed by atoms with E-state index >= 15 is 0 Å². The molecule has 1 aromatic heterocycles. The molecule has 0 unspecified atom stereocenters. The van der Waals surface area contributed by atoms with Crippen LogP contribution in [0.1, 0.15) is 25.1 Å². The molecule has 0 N–H and O–H groups in total. The van der Waals surface area contributed by atoms with Gasteiger partial charge < -0.3 is 0 Å².